The van der Waals surface area contributed by atoms with E-state index in [0.717, 1.165) is 0 Å². The third kappa shape index (κ3) is 3.99. The average molecular weight is 124 g/mol. The van der Waals surface area contributed by atoms with Gasteiger partial charge in [-0.25, -0.2) is 8.78 Å². The van der Waals surface area contributed by atoms with Crippen molar-refractivity contribution in [1.29, 1.82) is 0 Å². The first kappa shape index (κ1) is 7.82. The van der Waals surface area contributed by atoms with Gasteiger partial charge < -0.3 is 5.11 Å². The zero-order valence-corrected chi connectivity index (χ0v) is 4.77. The lowest BCUT2D eigenvalue weighted by molar-refractivity contribution is 0.0983. The van der Waals surface area contributed by atoms with Crippen LogP contribution in [0.1, 0.15) is 13.3 Å². The molecule has 1 nitrogen and oxygen atoms in total. The largest absolute Gasteiger partial charge is 0.396 e. The zero-order valence-electron chi connectivity index (χ0n) is 4.77. The Labute approximate surface area is 47.3 Å². The molecule has 0 aliphatic rings. The quantitative estimate of drug-likeness (QED) is 0.600. The highest BCUT2D eigenvalue weighted by molar-refractivity contribution is 4.50. The van der Waals surface area contributed by atoms with E-state index in [-0.39, 0.29) is 18.9 Å². The molecule has 3 heteroatoms. The maximum Gasteiger partial charge on any atom is 0.239 e. The van der Waals surface area contributed by atoms with Crippen molar-refractivity contribution in [1.82, 2.24) is 0 Å². The molecule has 1 N–H and O–H groups in total. The van der Waals surface area contributed by atoms with Crippen molar-refractivity contribution < 1.29 is 13.9 Å². The summed E-state index contributed by atoms with van der Waals surface area (Å²) < 4.78 is 22.7. The standard InChI is InChI=1S/C5H10F2O/c1-4(3-8)2-5(6)7/h4-5,8H,2-3H2,1H3/t4-/m1/s1. The number of aliphatic hydroxyl groups is 1. The smallest absolute Gasteiger partial charge is 0.239 e. The Balaban J connectivity index is 3.10. The molecule has 0 aliphatic carbocycles. The predicted molar refractivity (Wildman–Crippen MR) is 26.9 cm³/mol. The Hall–Kier alpha value is -0.180. The molecule has 0 amide bonds. The van der Waals surface area contributed by atoms with Gasteiger partial charge in [0.25, 0.3) is 0 Å². The molecule has 0 bridgehead atoms. The van der Waals surface area contributed by atoms with E-state index in [1.165, 1.54) is 0 Å². The van der Waals surface area contributed by atoms with Crippen LogP contribution in [0.5, 0.6) is 0 Å². The molecule has 0 aliphatic heterocycles. The fraction of sp³-hybridized carbons (Fsp3) is 1.00. The number of hydrogen-bond acceptors (Lipinski definition) is 1. The molecule has 0 spiro atoms. The molecular formula is C5H10F2O. The van der Waals surface area contributed by atoms with Crippen molar-refractivity contribution in [2.75, 3.05) is 6.61 Å². The minimum Gasteiger partial charge on any atom is -0.396 e. The molecule has 0 fully saturated rings. The number of rotatable bonds is 3. The second kappa shape index (κ2) is 3.78. The summed E-state index contributed by atoms with van der Waals surface area (Å²) >= 11 is 0. The van der Waals surface area contributed by atoms with Crippen LogP contribution < -0.4 is 0 Å². The summed E-state index contributed by atoms with van der Waals surface area (Å²) in [6, 6.07) is 0. The van der Waals surface area contributed by atoms with E-state index in [1.807, 2.05) is 0 Å². The van der Waals surface area contributed by atoms with Crippen LogP contribution in [0.2, 0.25) is 0 Å². The molecule has 0 rings (SSSR count). The van der Waals surface area contributed by atoms with Gasteiger partial charge in [-0.15, -0.1) is 0 Å². The van der Waals surface area contributed by atoms with Gasteiger partial charge in [0.15, 0.2) is 0 Å². The van der Waals surface area contributed by atoms with Crippen LogP contribution in [0.3, 0.4) is 0 Å². The van der Waals surface area contributed by atoms with Gasteiger partial charge in [-0.05, 0) is 5.92 Å². The van der Waals surface area contributed by atoms with Crippen molar-refractivity contribution in [2.24, 2.45) is 5.92 Å². The van der Waals surface area contributed by atoms with E-state index < -0.39 is 6.43 Å². The number of halogens is 2. The first-order chi connectivity index (χ1) is 3.66. The lowest BCUT2D eigenvalue weighted by atomic mass is 10.1. The highest BCUT2D eigenvalue weighted by Crippen LogP contribution is 2.08. The van der Waals surface area contributed by atoms with Gasteiger partial charge >= 0.3 is 0 Å². The van der Waals surface area contributed by atoms with Gasteiger partial charge in [0, 0.05) is 13.0 Å². The van der Waals surface area contributed by atoms with Crippen molar-refractivity contribution in [2.45, 2.75) is 19.8 Å². The Kier molecular flexibility index (Phi) is 3.69. The van der Waals surface area contributed by atoms with Gasteiger partial charge in [-0.1, -0.05) is 6.92 Å². The van der Waals surface area contributed by atoms with Crippen LogP contribution in [-0.2, 0) is 0 Å². The second-order valence-corrected chi connectivity index (χ2v) is 1.91. The van der Waals surface area contributed by atoms with Crippen LogP contribution in [0.15, 0.2) is 0 Å². The lowest BCUT2D eigenvalue weighted by Gasteiger charge is -2.03. The molecule has 0 aromatic rings. The van der Waals surface area contributed by atoms with E-state index in [4.69, 9.17) is 5.11 Å². The maximum atomic E-state index is 11.4. The lowest BCUT2D eigenvalue weighted by Crippen LogP contribution is -2.05. The normalized spacial score (nSPS) is 14.6. The Morgan fingerprint density at radius 3 is 2.12 bits per heavy atom. The van der Waals surface area contributed by atoms with E-state index in [1.54, 1.807) is 6.92 Å². The molecule has 0 radical (unpaired) electrons. The third-order valence-corrected chi connectivity index (χ3v) is 0.892. The van der Waals surface area contributed by atoms with Crippen LogP contribution in [0.25, 0.3) is 0 Å². The molecule has 8 heavy (non-hydrogen) atoms. The van der Waals surface area contributed by atoms with Crippen LogP contribution >= 0.6 is 0 Å². The molecule has 0 unspecified atom stereocenters. The fourth-order valence-electron chi connectivity index (χ4n) is 0.379. The van der Waals surface area contributed by atoms with Crippen LogP contribution in [0, 0.1) is 5.92 Å². The van der Waals surface area contributed by atoms with Gasteiger partial charge in [-0.3, -0.25) is 0 Å². The van der Waals surface area contributed by atoms with Crippen molar-refractivity contribution in [3.63, 3.8) is 0 Å². The Morgan fingerprint density at radius 1 is 1.50 bits per heavy atom. The minimum atomic E-state index is -2.28. The minimum absolute atomic E-state index is 0.148. The molecule has 0 heterocycles. The first-order valence-corrected chi connectivity index (χ1v) is 2.55. The fourth-order valence-corrected chi connectivity index (χ4v) is 0.379. The maximum absolute atomic E-state index is 11.4. The molecule has 0 saturated carbocycles. The summed E-state index contributed by atoms with van der Waals surface area (Å²) in [6.07, 6.45) is -2.48. The first-order valence-electron chi connectivity index (χ1n) is 2.55. The van der Waals surface area contributed by atoms with E-state index in [9.17, 15) is 8.78 Å². The molecule has 50 valence electrons. The number of hydrogen-bond donors (Lipinski definition) is 1. The second-order valence-electron chi connectivity index (χ2n) is 1.91. The van der Waals surface area contributed by atoms with E-state index in [0.29, 0.717) is 0 Å². The van der Waals surface area contributed by atoms with Crippen LogP contribution in [0.4, 0.5) is 8.78 Å². The highest BCUT2D eigenvalue weighted by Gasteiger charge is 2.07. The Morgan fingerprint density at radius 2 is 2.00 bits per heavy atom. The topological polar surface area (TPSA) is 20.2 Å². The van der Waals surface area contributed by atoms with Gasteiger partial charge in [-0.2, -0.15) is 0 Å². The number of alkyl halides is 2. The van der Waals surface area contributed by atoms with Gasteiger partial charge in [0.1, 0.15) is 0 Å². The third-order valence-electron chi connectivity index (χ3n) is 0.892. The van der Waals surface area contributed by atoms with E-state index in [2.05, 4.69) is 0 Å². The monoisotopic (exact) mass is 124 g/mol. The molecular weight excluding hydrogens is 114 g/mol. The van der Waals surface area contributed by atoms with Crippen molar-refractivity contribution in [3.05, 3.63) is 0 Å². The van der Waals surface area contributed by atoms with Gasteiger partial charge in [0.2, 0.25) is 6.43 Å². The zero-order chi connectivity index (χ0) is 6.57. The Bertz CT molecular complexity index is 56.4. The van der Waals surface area contributed by atoms with Crippen LogP contribution in [-0.4, -0.2) is 18.1 Å². The molecule has 1 atom stereocenters. The van der Waals surface area contributed by atoms with Crippen molar-refractivity contribution in [3.8, 4) is 0 Å². The SMILES string of the molecule is C[C@@H](CO)CC(F)F. The predicted octanol–water partition coefficient (Wildman–Crippen LogP) is 1.27. The molecule has 0 aromatic heterocycles. The summed E-state index contributed by atoms with van der Waals surface area (Å²) in [4.78, 5) is 0. The summed E-state index contributed by atoms with van der Waals surface area (Å²) in [5, 5.41) is 8.25. The average Bonchev–Trinajstić information content (AvgIpc) is 1.65. The number of aliphatic hydroxyl groups excluding tert-OH is 1. The molecule has 0 saturated heterocycles. The summed E-state index contributed by atoms with van der Waals surface area (Å²) in [6.45, 7) is 1.44. The van der Waals surface area contributed by atoms with Gasteiger partial charge in [0.05, 0.1) is 0 Å². The van der Waals surface area contributed by atoms with Crippen molar-refractivity contribution >= 4 is 0 Å². The highest BCUT2D eigenvalue weighted by atomic mass is 19.3. The summed E-state index contributed by atoms with van der Waals surface area (Å²) in [5.41, 5.74) is 0. The summed E-state index contributed by atoms with van der Waals surface area (Å²) in [5.74, 6) is -0.269. The van der Waals surface area contributed by atoms with E-state index >= 15 is 0 Å². The summed E-state index contributed by atoms with van der Waals surface area (Å²) in [7, 11) is 0. The molecule has 0 aromatic carbocycles.